The van der Waals surface area contributed by atoms with Crippen LogP contribution < -0.4 is 5.48 Å². The van der Waals surface area contributed by atoms with Gasteiger partial charge in [0.2, 0.25) is 0 Å². The lowest BCUT2D eigenvalue weighted by Crippen LogP contribution is -2.12. The van der Waals surface area contributed by atoms with Gasteiger partial charge in [-0.2, -0.15) is 5.48 Å². The Kier molecular flexibility index (Phi) is 3.93. The van der Waals surface area contributed by atoms with Crippen LogP contribution in [0.1, 0.15) is 5.56 Å². The summed E-state index contributed by atoms with van der Waals surface area (Å²) in [7, 11) is 1.44. The minimum absolute atomic E-state index is 0.0531. The van der Waals surface area contributed by atoms with Crippen LogP contribution in [0.25, 0.3) is 0 Å². The average molecular weight is 224 g/mol. The molecular weight excluding hydrogens is 216 g/mol. The van der Waals surface area contributed by atoms with Crippen LogP contribution in [-0.4, -0.2) is 7.11 Å². The third kappa shape index (κ3) is 2.54. The molecule has 72 valence electrons. The summed E-state index contributed by atoms with van der Waals surface area (Å²) in [5, 5.41) is 0.378. The van der Waals surface area contributed by atoms with Crippen LogP contribution in [0.4, 0.5) is 4.39 Å². The normalized spacial score (nSPS) is 10.5. The van der Waals surface area contributed by atoms with Crippen molar-refractivity contribution in [3.63, 3.8) is 0 Å². The molecule has 1 rings (SSSR count). The number of nitrogens with one attached hydrogen (secondary N) is 1. The standard InChI is InChI=1S/C8H8Cl2FNO/c1-13-12-4-5-6(9)2-3-7(10)8(5)11/h2-3,12H,4H2,1H3. The van der Waals surface area contributed by atoms with Crippen molar-refractivity contribution in [2.24, 2.45) is 0 Å². The first-order chi connectivity index (χ1) is 6.16. The molecule has 1 aromatic carbocycles. The molecule has 0 saturated heterocycles. The quantitative estimate of drug-likeness (QED) is 0.629. The Morgan fingerprint density at radius 1 is 1.38 bits per heavy atom. The molecule has 2 nitrogen and oxygen atoms in total. The highest BCUT2D eigenvalue weighted by Crippen LogP contribution is 2.25. The molecule has 0 saturated carbocycles. The van der Waals surface area contributed by atoms with Crippen molar-refractivity contribution < 1.29 is 9.23 Å². The van der Waals surface area contributed by atoms with E-state index in [9.17, 15) is 4.39 Å². The van der Waals surface area contributed by atoms with Crippen LogP contribution in [0.3, 0.4) is 0 Å². The Morgan fingerprint density at radius 3 is 2.62 bits per heavy atom. The molecule has 0 aromatic heterocycles. The maximum Gasteiger partial charge on any atom is 0.147 e. The Bertz CT molecular complexity index is 306. The molecule has 0 aliphatic rings. The first kappa shape index (κ1) is 10.7. The molecule has 0 amide bonds. The zero-order valence-electron chi connectivity index (χ0n) is 6.90. The second kappa shape index (κ2) is 4.77. The largest absolute Gasteiger partial charge is 0.305 e. The molecular formula is C8H8Cl2FNO. The highest BCUT2D eigenvalue weighted by molar-refractivity contribution is 6.33. The SMILES string of the molecule is CONCc1c(Cl)ccc(Cl)c1F. The van der Waals surface area contributed by atoms with Crippen LogP contribution in [0, 0.1) is 5.82 Å². The van der Waals surface area contributed by atoms with E-state index in [1.54, 1.807) is 6.07 Å². The fourth-order valence-corrected chi connectivity index (χ4v) is 1.27. The molecule has 1 aromatic rings. The van der Waals surface area contributed by atoms with E-state index < -0.39 is 5.82 Å². The molecule has 0 aliphatic carbocycles. The van der Waals surface area contributed by atoms with E-state index in [-0.39, 0.29) is 11.6 Å². The van der Waals surface area contributed by atoms with Gasteiger partial charge in [-0.3, -0.25) is 0 Å². The summed E-state index contributed by atoms with van der Waals surface area (Å²) in [5.41, 5.74) is 2.79. The third-order valence-corrected chi connectivity index (χ3v) is 2.18. The van der Waals surface area contributed by atoms with Crippen LogP contribution in [0.15, 0.2) is 12.1 Å². The van der Waals surface area contributed by atoms with Gasteiger partial charge < -0.3 is 4.84 Å². The van der Waals surface area contributed by atoms with Gasteiger partial charge in [-0.15, -0.1) is 0 Å². The lowest BCUT2D eigenvalue weighted by Gasteiger charge is -2.06. The van der Waals surface area contributed by atoms with Gasteiger partial charge in [0.1, 0.15) is 5.82 Å². The van der Waals surface area contributed by atoms with Gasteiger partial charge >= 0.3 is 0 Å². The number of halogens is 3. The fourth-order valence-electron chi connectivity index (χ4n) is 0.875. The van der Waals surface area contributed by atoms with Crippen molar-refractivity contribution in [1.82, 2.24) is 5.48 Å². The first-order valence-electron chi connectivity index (χ1n) is 3.55. The monoisotopic (exact) mass is 223 g/mol. The number of hydrogen-bond acceptors (Lipinski definition) is 2. The van der Waals surface area contributed by atoms with Crippen molar-refractivity contribution in [3.05, 3.63) is 33.6 Å². The van der Waals surface area contributed by atoms with E-state index in [0.717, 1.165) is 0 Å². The number of benzene rings is 1. The average Bonchev–Trinajstić information content (AvgIpc) is 2.12. The van der Waals surface area contributed by atoms with Crippen LogP contribution in [-0.2, 0) is 11.4 Å². The van der Waals surface area contributed by atoms with Gasteiger partial charge in [-0.05, 0) is 12.1 Å². The summed E-state index contributed by atoms with van der Waals surface area (Å²) >= 11 is 11.3. The molecule has 13 heavy (non-hydrogen) atoms. The smallest absolute Gasteiger partial charge is 0.147 e. The van der Waals surface area contributed by atoms with E-state index in [1.807, 2.05) is 0 Å². The number of hydroxylamine groups is 1. The minimum atomic E-state index is -0.515. The lowest BCUT2D eigenvalue weighted by atomic mass is 10.2. The van der Waals surface area contributed by atoms with Crippen molar-refractivity contribution in [2.45, 2.75) is 6.54 Å². The summed E-state index contributed by atoms with van der Waals surface area (Å²) in [4.78, 5) is 4.58. The Hall–Kier alpha value is -0.350. The first-order valence-corrected chi connectivity index (χ1v) is 4.30. The Balaban J connectivity index is 2.96. The summed E-state index contributed by atoms with van der Waals surface area (Å²) < 4.78 is 13.3. The lowest BCUT2D eigenvalue weighted by molar-refractivity contribution is 0.0859. The predicted octanol–water partition coefficient (Wildman–Crippen LogP) is 2.78. The Morgan fingerprint density at radius 2 is 2.00 bits per heavy atom. The van der Waals surface area contributed by atoms with Crippen LogP contribution in [0.2, 0.25) is 10.0 Å². The van der Waals surface area contributed by atoms with Gasteiger partial charge in [0.05, 0.1) is 18.7 Å². The summed E-state index contributed by atoms with van der Waals surface area (Å²) in [6.45, 7) is 0.182. The predicted molar refractivity (Wildman–Crippen MR) is 50.3 cm³/mol. The molecule has 0 spiro atoms. The van der Waals surface area contributed by atoms with E-state index >= 15 is 0 Å². The second-order valence-corrected chi connectivity index (χ2v) is 3.16. The molecule has 0 bridgehead atoms. The summed E-state index contributed by atoms with van der Waals surface area (Å²) in [5.74, 6) is -0.515. The minimum Gasteiger partial charge on any atom is -0.305 e. The van der Waals surface area contributed by atoms with Gasteiger partial charge in [0.25, 0.3) is 0 Å². The molecule has 0 fully saturated rings. The molecule has 5 heteroatoms. The highest BCUT2D eigenvalue weighted by Gasteiger charge is 2.10. The molecule has 0 atom stereocenters. The van der Waals surface area contributed by atoms with Crippen molar-refractivity contribution in [3.8, 4) is 0 Å². The zero-order chi connectivity index (χ0) is 9.84. The van der Waals surface area contributed by atoms with Crippen molar-refractivity contribution >= 4 is 23.2 Å². The van der Waals surface area contributed by atoms with Crippen LogP contribution >= 0.6 is 23.2 Å². The topological polar surface area (TPSA) is 21.3 Å². The number of hydrogen-bond donors (Lipinski definition) is 1. The van der Waals surface area contributed by atoms with Gasteiger partial charge in [0, 0.05) is 10.6 Å². The maximum absolute atomic E-state index is 13.3. The van der Waals surface area contributed by atoms with E-state index in [0.29, 0.717) is 10.6 Å². The fraction of sp³-hybridized carbons (Fsp3) is 0.250. The van der Waals surface area contributed by atoms with Gasteiger partial charge in [0.15, 0.2) is 0 Å². The van der Waals surface area contributed by atoms with Gasteiger partial charge in [-0.1, -0.05) is 23.2 Å². The molecule has 1 N–H and O–H groups in total. The summed E-state index contributed by atoms with van der Waals surface area (Å²) in [6, 6.07) is 2.95. The van der Waals surface area contributed by atoms with Crippen molar-refractivity contribution in [1.29, 1.82) is 0 Å². The van der Waals surface area contributed by atoms with E-state index in [1.165, 1.54) is 13.2 Å². The van der Waals surface area contributed by atoms with E-state index in [2.05, 4.69) is 10.3 Å². The summed E-state index contributed by atoms with van der Waals surface area (Å²) in [6.07, 6.45) is 0. The maximum atomic E-state index is 13.3. The molecule has 0 unspecified atom stereocenters. The Labute approximate surface area is 85.6 Å². The zero-order valence-corrected chi connectivity index (χ0v) is 8.42. The number of rotatable bonds is 3. The second-order valence-electron chi connectivity index (χ2n) is 2.35. The van der Waals surface area contributed by atoms with Crippen molar-refractivity contribution in [2.75, 3.05) is 7.11 Å². The third-order valence-electron chi connectivity index (χ3n) is 1.53. The van der Waals surface area contributed by atoms with Gasteiger partial charge in [-0.25, -0.2) is 4.39 Å². The highest BCUT2D eigenvalue weighted by atomic mass is 35.5. The van der Waals surface area contributed by atoms with Crippen LogP contribution in [0.5, 0.6) is 0 Å². The molecule has 0 radical (unpaired) electrons. The van der Waals surface area contributed by atoms with E-state index in [4.69, 9.17) is 23.2 Å². The molecule has 0 aliphatic heterocycles. The molecule has 0 heterocycles.